The van der Waals surface area contributed by atoms with Crippen LogP contribution in [0.5, 0.6) is 5.75 Å². The molecule has 4 nitrogen and oxygen atoms in total. The summed E-state index contributed by atoms with van der Waals surface area (Å²) in [5, 5.41) is 6.18. The van der Waals surface area contributed by atoms with E-state index >= 15 is 0 Å². The number of aromatic nitrogens is 1. The van der Waals surface area contributed by atoms with E-state index in [0.29, 0.717) is 11.4 Å². The van der Waals surface area contributed by atoms with Gasteiger partial charge in [0.1, 0.15) is 5.01 Å². The van der Waals surface area contributed by atoms with Crippen LogP contribution in [0.15, 0.2) is 23.7 Å². The minimum atomic E-state index is -0.465. The molecule has 0 fully saturated rings. The number of nitrogen functional groups attached to an aromatic ring is 1. The van der Waals surface area contributed by atoms with Crippen molar-refractivity contribution in [1.82, 2.24) is 4.98 Å². The Morgan fingerprint density at radius 1 is 1.53 bits per heavy atom. The molecule has 0 bridgehead atoms. The second-order valence-corrected chi connectivity index (χ2v) is 4.98. The monoisotopic (exact) mass is 281 g/mol. The molecule has 1 unspecified atom stereocenters. The summed E-state index contributed by atoms with van der Waals surface area (Å²) in [7, 11) is 1.43. The molecule has 1 aromatic heterocycles. The molecule has 0 saturated heterocycles. The minimum absolute atomic E-state index is 0.0532. The predicted octanol–water partition coefficient (Wildman–Crippen LogP) is 3.44. The van der Waals surface area contributed by atoms with Crippen LogP contribution in [0.4, 0.5) is 15.8 Å². The number of anilines is 2. The second kappa shape index (κ2) is 5.88. The Hall–Kier alpha value is -1.82. The highest BCUT2D eigenvalue weighted by Gasteiger charge is 2.15. The van der Waals surface area contributed by atoms with Crippen molar-refractivity contribution < 1.29 is 9.13 Å². The molecule has 0 radical (unpaired) electrons. The number of nitrogens with zero attached hydrogens (tertiary/aromatic N) is 1. The molecule has 0 amide bonds. The summed E-state index contributed by atoms with van der Waals surface area (Å²) in [6.45, 7) is 2.05. The number of thiazole rings is 1. The number of hydrogen-bond acceptors (Lipinski definition) is 5. The Morgan fingerprint density at radius 3 is 2.89 bits per heavy atom. The quantitative estimate of drug-likeness (QED) is 0.824. The van der Waals surface area contributed by atoms with Gasteiger partial charge < -0.3 is 15.8 Å². The highest BCUT2D eigenvalue weighted by molar-refractivity contribution is 7.09. The number of hydrogen-bond donors (Lipinski definition) is 2. The molecular formula is C13H16FN3OS. The molecule has 0 aliphatic heterocycles. The first-order valence-electron chi connectivity index (χ1n) is 5.94. The molecule has 2 aromatic rings. The maximum atomic E-state index is 13.5. The molecule has 0 aliphatic rings. The van der Waals surface area contributed by atoms with Gasteiger partial charge in [-0.2, -0.15) is 0 Å². The third kappa shape index (κ3) is 2.96. The van der Waals surface area contributed by atoms with Gasteiger partial charge in [0.05, 0.1) is 24.5 Å². The molecule has 0 saturated carbocycles. The van der Waals surface area contributed by atoms with E-state index in [0.717, 1.165) is 11.4 Å². The van der Waals surface area contributed by atoms with E-state index in [1.165, 1.54) is 13.2 Å². The fraction of sp³-hybridized carbons (Fsp3) is 0.308. The number of nitrogens with two attached hydrogens (primary N) is 1. The zero-order valence-corrected chi connectivity index (χ0v) is 11.6. The van der Waals surface area contributed by atoms with Crippen molar-refractivity contribution in [1.29, 1.82) is 0 Å². The summed E-state index contributed by atoms with van der Waals surface area (Å²) in [6, 6.07) is 2.88. The van der Waals surface area contributed by atoms with Gasteiger partial charge in [-0.25, -0.2) is 9.37 Å². The van der Waals surface area contributed by atoms with Crippen molar-refractivity contribution in [2.75, 3.05) is 18.2 Å². The Kier molecular flexibility index (Phi) is 4.21. The van der Waals surface area contributed by atoms with Crippen LogP contribution in [-0.2, 0) is 0 Å². The van der Waals surface area contributed by atoms with Gasteiger partial charge in [-0.3, -0.25) is 0 Å². The van der Waals surface area contributed by atoms with E-state index in [-0.39, 0.29) is 11.8 Å². The zero-order valence-electron chi connectivity index (χ0n) is 10.8. The molecule has 1 heterocycles. The van der Waals surface area contributed by atoms with Crippen molar-refractivity contribution in [2.45, 2.75) is 19.4 Å². The lowest BCUT2D eigenvalue weighted by Gasteiger charge is -2.18. The molecule has 102 valence electrons. The smallest absolute Gasteiger partial charge is 0.167 e. The molecule has 1 atom stereocenters. The van der Waals surface area contributed by atoms with Gasteiger partial charge in [-0.15, -0.1) is 11.3 Å². The Balaban J connectivity index is 2.27. The standard InChI is InChI=1S/C13H16FN3OS/c1-3-10(13-16-4-5-19-13)17-11-7-12(18-2)8(14)6-9(11)15/h4-7,10,17H,3,15H2,1-2H3. The van der Waals surface area contributed by atoms with E-state index in [9.17, 15) is 4.39 Å². The van der Waals surface area contributed by atoms with Gasteiger partial charge in [0.25, 0.3) is 0 Å². The van der Waals surface area contributed by atoms with Crippen molar-refractivity contribution in [2.24, 2.45) is 0 Å². The first-order valence-corrected chi connectivity index (χ1v) is 6.82. The van der Waals surface area contributed by atoms with Crippen LogP contribution in [0.1, 0.15) is 24.4 Å². The lowest BCUT2D eigenvalue weighted by atomic mass is 10.2. The highest BCUT2D eigenvalue weighted by Crippen LogP contribution is 2.32. The molecule has 0 aliphatic carbocycles. The van der Waals surface area contributed by atoms with Crippen LogP contribution in [0.25, 0.3) is 0 Å². The largest absolute Gasteiger partial charge is 0.494 e. The van der Waals surface area contributed by atoms with Crippen molar-refractivity contribution in [3.8, 4) is 5.75 Å². The van der Waals surface area contributed by atoms with Gasteiger partial charge >= 0.3 is 0 Å². The SMILES string of the molecule is CCC(Nc1cc(OC)c(F)cc1N)c1nccs1. The lowest BCUT2D eigenvalue weighted by Crippen LogP contribution is -2.11. The number of nitrogens with one attached hydrogen (secondary N) is 1. The summed E-state index contributed by atoms with van der Waals surface area (Å²) in [5.74, 6) is -0.293. The fourth-order valence-electron chi connectivity index (χ4n) is 1.78. The van der Waals surface area contributed by atoms with E-state index in [1.54, 1.807) is 23.6 Å². The fourth-order valence-corrected chi connectivity index (χ4v) is 2.56. The van der Waals surface area contributed by atoms with Gasteiger partial charge in [-0.1, -0.05) is 6.92 Å². The molecule has 6 heteroatoms. The lowest BCUT2D eigenvalue weighted by molar-refractivity contribution is 0.387. The summed E-state index contributed by atoms with van der Waals surface area (Å²) in [4.78, 5) is 4.28. The maximum absolute atomic E-state index is 13.5. The van der Waals surface area contributed by atoms with Gasteiger partial charge in [0, 0.05) is 23.7 Å². The van der Waals surface area contributed by atoms with E-state index < -0.39 is 5.82 Å². The van der Waals surface area contributed by atoms with E-state index in [1.807, 2.05) is 5.38 Å². The maximum Gasteiger partial charge on any atom is 0.167 e. The van der Waals surface area contributed by atoms with Gasteiger partial charge in [0.2, 0.25) is 0 Å². The minimum Gasteiger partial charge on any atom is -0.494 e. The van der Waals surface area contributed by atoms with Crippen molar-refractivity contribution >= 4 is 22.7 Å². The number of rotatable bonds is 5. The topological polar surface area (TPSA) is 60.2 Å². The first kappa shape index (κ1) is 13.6. The van der Waals surface area contributed by atoms with Gasteiger partial charge in [0.15, 0.2) is 11.6 Å². The molecule has 19 heavy (non-hydrogen) atoms. The van der Waals surface area contributed by atoms with Crippen LogP contribution >= 0.6 is 11.3 Å². The molecule has 2 rings (SSSR count). The number of methoxy groups -OCH3 is 1. The summed E-state index contributed by atoms with van der Waals surface area (Å²) in [6.07, 6.45) is 2.62. The third-order valence-electron chi connectivity index (χ3n) is 2.81. The number of benzene rings is 1. The van der Waals surface area contributed by atoms with E-state index in [2.05, 4.69) is 17.2 Å². The van der Waals surface area contributed by atoms with Gasteiger partial charge in [-0.05, 0) is 6.42 Å². The predicted molar refractivity (Wildman–Crippen MR) is 76.1 cm³/mol. The number of halogens is 1. The van der Waals surface area contributed by atoms with E-state index in [4.69, 9.17) is 10.5 Å². The third-order valence-corrected chi connectivity index (χ3v) is 3.70. The van der Waals surface area contributed by atoms with Crippen LogP contribution in [0.3, 0.4) is 0 Å². The summed E-state index contributed by atoms with van der Waals surface area (Å²) >= 11 is 1.57. The van der Waals surface area contributed by atoms with Crippen LogP contribution in [-0.4, -0.2) is 12.1 Å². The average Bonchev–Trinajstić information content (AvgIpc) is 2.92. The first-order chi connectivity index (χ1) is 9.15. The van der Waals surface area contributed by atoms with Crippen LogP contribution in [0, 0.1) is 5.82 Å². The normalized spacial score (nSPS) is 12.2. The average molecular weight is 281 g/mol. The van der Waals surface area contributed by atoms with Crippen LogP contribution in [0.2, 0.25) is 0 Å². The van der Waals surface area contributed by atoms with Crippen LogP contribution < -0.4 is 15.8 Å². The Bertz CT molecular complexity index is 545. The Morgan fingerprint density at radius 2 is 2.32 bits per heavy atom. The van der Waals surface area contributed by atoms with Crippen molar-refractivity contribution in [3.05, 3.63) is 34.5 Å². The summed E-state index contributed by atoms with van der Waals surface area (Å²) < 4.78 is 18.4. The molecule has 3 N–H and O–H groups in total. The number of ether oxygens (including phenoxy) is 1. The zero-order chi connectivity index (χ0) is 13.8. The molecule has 0 spiro atoms. The Labute approximate surface area is 115 Å². The highest BCUT2D eigenvalue weighted by atomic mass is 32.1. The van der Waals surface area contributed by atoms with Crippen molar-refractivity contribution in [3.63, 3.8) is 0 Å². The molecule has 1 aromatic carbocycles. The second-order valence-electron chi connectivity index (χ2n) is 4.05. The summed E-state index contributed by atoms with van der Waals surface area (Å²) in [5.41, 5.74) is 6.83. The molecular weight excluding hydrogens is 265 g/mol.